The molecule has 1 aromatic carbocycles. The van der Waals surface area contributed by atoms with Crippen LogP contribution in [0.15, 0.2) is 18.7 Å². The molecule has 1 N–H and O–H groups in total. The minimum Gasteiger partial charge on any atom is -0.507 e. The van der Waals surface area contributed by atoms with Gasteiger partial charge in [-0.2, -0.15) is 0 Å². The van der Waals surface area contributed by atoms with E-state index in [1.165, 1.54) is 7.11 Å². The average molecular weight is 290 g/mol. The zero-order valence-electron chi connectivity index (χ0n) is 14.1. The van der Waals surface area contributed by atoms with Gasteiger partial charge in [0.2, 0.25) is 0 Å². The van der Waals surface area contributed by atoms with Gasteiger partial charge in [-0.3, -0.25) is 0 Å². The van der Waals surface area contributed by atoms with Gasteiger partial charge in [0.15, 0.2) is 0 Å². The molecule has 0 fully saturated rings. The summed E-state index contributed by atoms with van der Waals surface area (Å²) >= 11 is 0. The van der Waals surface area contributed by atoms with Gasteiger partial charge in [-0.1, -0.05) is 54.2 Å². The van der Waals surface area contributed by atoms with E-state index in [0.717, 1.165) is 11.1 Å². The van der Waals surface area contributed by atoms with Gasteiger partial charge in [0, 0.05) is 11.1 Å². The Morgan fingerprint density at radius 3 is 2.00 bits per heavy atom. The molecule has 0 aliphatic heterocycles. The third-order valence-corrected chi connectivity index (χ3v) is 3.54. The summed E-state index contributed by atoms with van der Waals surface area (Å²) in [6.45, 7) is 16.1. The molecule has 0 heterocycles. The molecule has 116 valence electrons. The fourth-order valence-electron chi connectivity index (χ4n) is 2.10. The highest BCUT2D eigenvalue weighted by Gasteiger charge is 2.27. The van der Waals surface area contributed by atoms with Crippen molar-refractivity contribution in [3.63, 3.8) is 0 Å². The van der Waals surface area contributed by atoms with Crippen LogP contribution in [0.1, 0.15) is 58.2 Å². The number of hydrogen-bond donors (Lipinski definition) is 1. The number of carbonyl (C=O) groups is 1. The lowest BCUT2D eigenvalue weighted by atomic mass is 9.78. The molecular weight excluding hydrogens is 264 g/mol. The van der Waals surface area contributed by atoms with E-state index in [2.05, 4.69) is 27.4 Å². The zero-order chi connectivity index (χ0) is 16.6. The molecule has 0 bridgehead atoms. The second-order valence-electron chi connectivity index (χ2n) is 7.39. The van der Waals surface area contributed by atoms with Gasteiger partial charge < -0.3 is 9.84 Å². The van der Waals surface area contributed by atoms with Crippen LogP contribution in [0.2, 0.25) is 0 Å². The molecule has 0 unspecified atom stereocenters. The third-order valence-electron chi connectivity index (χ3n) is 3.54. The Labute approximate surface area is 127 Å². The minimum atomic E-state index is -0.531. The summed E-state index contributed by atoms with van der Waals surface area (Å²) < 4.78 is 4.72. The maximum Gasteiger partial charge on any atom is 0.337 e. The smallest absolute Gasteiger partial charge is 0.337 e. The lowest BCUT2D eigenvalue weighted by Crippen LogP contribution is -2.18. The topological polar surface area (TPSA) is 46.5 Å². The van der Waals surface area contributed by atoms with Crippen LogP contribution >= 0.6 is 0 Å². The highest BCUT2D eigenvalue weighted by atomic mass is 16.5. The van der Waals surface area contributed by atoms with E-state index in [-0.39, 0.29) is 22.2 Å². The molecule has 0 aromatic heterocycles. The molecule has 0 saturated carbocycles. The molecule has 0 atom stereocenters. The number of ether oxygens (including phenoxy) is 1. The molecule has 3 heteroatoms. The summed E-state index contributed by atoms with van der Waals surface area (Å²) in [6.07, 6.45) is 0. The summed E-state index contributed by atoms with van der Waals surface area (Å²) in [5.74, 6) is -0.429. The van der Waals surface area contributed by atoms with Crippen molar-refractivity contribution < 1.29 is 14.6 Å². The fourth-order valence-corrected chi connectivity index (χ4v) is 2.10. The molecule has 0 saturated heterocycles. The molecule has 21 heavy (non-hydrogen) atoms. The summed E-state index contributed by atoms with van der Waals surface area (Å²) in [6, 6.07) is 3.83. The van der Waals surface area contributed by atoms with Crippen LogP contribution in [0.5, 0.6) is 5.75 Å². The van der Waals surface area contributed by atoms with E-state index in [9.17, 15) is 9.90 Å². The van der Waals surface area contributed by atoms with Crippen LogP contribution in [0.4, 0.5) is 0 Å². The Morgan fingerprint density at radius 1 is 1.10 bits per heavy atom. The van der Waals surface area contributed by atoms with E-state index < -0.39 is 5.97 Å². The van der Waals surface area contributed by atoms with Crippen molar-refractivity contribution in [3.8, 4) is 5.75 Å². The molecule has 3 nitrogen and oxygen atoms in total. The van der Waals surface area contributed by atoms with Crippen LogP contribution in [0.25, 0.3) is 5.57 Å². The first-order valence-electron chi connectivity index (χ1n) is 7.05. The van der Waals surface area contributed by atoms with Crippen LogP contribution in [-0.4, -0.2) is 18.2 Å². The number of rotatable bonds is 2. The molecule has 0 aliphatic rings. The van der Waals surface area contributed by atoms with E-state index in [1.54, 1.807) is 0 Å². The van der Waals surface area contributed by atoms with Crippen molar-refractivity contribution in [1.82, 2.24) is 0 Å². The molecule has 1 rings (SSSR count). The Bertz CT molecular complexity index is 569. The van der Waals surface area contributed by atoms with Crippen LogP contribution in [-0.2, 0) is 20.4 Å². The Kier molecular flexibility index (Phi) is 4.57. The highest BCUT2D eigenvalue weighted by molar-refractivity contribution is 6.16. The molecule has 0 spiro atoms. The normalized spacial score (nSPS) is 12.1. The summed E-state index contributed by atoms with van der Waals surface area (Å²) in [5, 5.41) is 10.6. The Hall–Kier alpha value is -1.77. The van der Waals surface area contributed by atoms with Crippen molar-refractivity contribution >= 4 is 11.5 Å². The lowest BCUT2D eigenvalue weighted by Gasteiger charge is -2.27. The largest absolute Gasteiger partial charge is 0.507 e. The zero-order valence-corrected chi connectivity index (χ0v) is 14.1. The number of benzene rings is 1. The molecule has 1 aromatic rings. The second-order valence-corrected chi connectivity index (χ2v) is 7.39. The first-order valence-corrected chi connectivity index (χ1v) is 7.05. The van der Waals surface area contributed by atoms with Gasteiger partial charge in [0.25, 0.3) is 0 Å². The first kappa shape index (κ1) is 17.3. The standard InChI is InChI=1S/C18H26O3/c1-11(16(20)21-8)13-9-12(17(2,3)4)10-14(15(13)19)18(5,6)7/h9-10,19H,1H2,2-8H3. The van der Waals surface area contributed by atoms with Gasteiger partial charge in [-0.15, -0.1) is 0 Å². The fraction of sp³-hybridized carbons (Fsp3) is 0.500. The average Bonchev–Trinajstić information content (AvgIpc) is 2.34. The monoisotopic (exact) mass is 290 g/mol. The quantitative estimate of drug-likeness (QED) is 0.656. The predicted molar refractivity (Wildman–Crippen MR) is 86.6 cm³/mol. The molecule has 0 radical (unpaired) electrons. The number of hydrogen-bond acceptors (Lipinski definition) is 3. The highest BCUT2D eigenvalue weighted by Crippen LogP contribution is 2.40. The number of methoxy groups -OCH3 is 1. The second kappa shape index (κ2) is 5.55. The lowest BCUT2D eigenvalue weighted by molar-refractivity contribution is -0.133. The minimum absolute atomic E-state index is 0.0984. The van der Waals surface area contributed by atoms with Crippen molar-refractivity contribution in [3.05, 3.63) is 35.4 Å². The first-order chi connectivity index (χ1) is 9.39. The van der Waals surface area contributed by atoms with Crippen LogP contribution in [0.3, 0.4) is 0 Å². The van der Waals surface area contributed by atoms with Crippen molar-refractivity contribution in [1.29, 1.82) is 0 Å². The van der Waals surface area contributed by atoms with Crippen molar-refractivity contribution in [2.24, 2.45) is 0 Å². The van der Waals surface area contributed by atoms with Crippen LogP contribution in [0, 0.1) is 0 Å². The van der Waals surface area contributed by atoms with Gasteiger partial charge in [0.05, 0.1) is 12.7 Å². The number of esters is 1. The van der Waals surface area contributed by atoms with E-state index in [1.807, 2.05) is 32.9 Å². The van der Waals surface area contributed by atoms with Crippen molar-refractivity contribution in [2.45, 2.75) is 52.4 Å². The number of phenols is 1. The van der Waals surface area contributed by atoms with Gasteiger partial charge >= 0.3 is 5.97 Å². The van der Waals surface area contributed by atoms with Gasteiger partial charge in [0.1, 0.15) is 5.75 Å². The van der Waals surface area contributed by atoms with Crippen molar-refractivity contribution in [2.75, 3.05) is 7.11 Å². The summed E-state index contributed by atoms with van der Waals surface area (Å²) in [7, 11) is 1.31. The number of aromatic hydroxyl groups is 1. The molecule has 0 amide bonds. The molecular formula is C18H26O3. The van der Waals surface area contributed by atoms with E-state index in [0.29, 0.717) is 5.56 Å². The predicted octanol–water partition coefficient (Wildman–Crippen LogP) is 4.17. The SMILES string of the molecule is C=C(C(=O)OC)c1cc(C(C)(C)C)cc(C(C)(C)C)c1O. The van der Waals surface area contributed by atoms with E-state index in [4.69, 9.17) is 4.74 Å². The third kappa shape index (κ3) is 3.66. The Balaban J connectivity index is 3.64. The van der Waals surface area contributed by atoms with E-state index >= 15 is 0 Å². The van der Waals surface area contributed by atoms with Gasteiger partial charge in [-0.05, 0) is 22.5 Å². The van der Waals surface area contributed by atoms with Crippen LogP contribution < -0.4 is 0 Å². The summed E-state index contributed by atoms with van der Waals surface area (Å²) in [4.78, 5) is 11.8. The molecule has 0 aliphatic carbocycles. The number of phenolic OH excluding ortho intramolecular Hbond substituents is 1. The van der Waals surface area contributed by atoms with Gasteiger partial charge in [-0.25, -0.2) is 4.79 Å². The maximum absolute atomic E-state index is 11.8. The maximum atomic E-state index is 11.8. The Morgan fingerprint density at radius 2 is 1.62 bits per heavy atom. The summed E-state index contributed by atoms with van der Waals surface area (Å²) in [5.41, 5.74) is 2.13. The number of carbonyl (C=O) groups excluding carboxylic acids is 1.